The van der Waals surface area contributed by atoms with Crippen molar-refractivity contribution in [2.24, 2.45) is 0 Å². The molecule has 80 valence electrons. The van der Waals surface area contributed by atoms with E-state index in [2.05, 4.69) is 24.3 Å². The fourth-order valence-corrected chi connectivity index (χ4v) is 1.12. The minimum Gasteiger partial charge on any atom is -0.377 e. The molecule has 1 heteroatoms. The van der Waals surface area contributed by atoms with Crippen molar-refractivity contribution in [3.8, 4) is 24.2 Å². The van der Waals surface area contributed by atoms with E-state index in [1.54, 1.807) is 6.08 Å². The van der Waals surface area contributed by atoms with Crippen molar-refractivity contribution >= 4 is 0 Å². The summed E-state index contributed by atoms with van der Waals surface area (Å²) in [4.78, 5) is 0. The predicted molar refractivity (Wildman–Crippen MR) is 65.0 cm³/mol. The van der Waals surface area contributed by atoms with E-state index in [1.807, 2.05) is 12.2 Å². The largest absolute Gasteiger partial charge is 0.377 e. The molecular weight excluding hydrogens is 184 g/mol. The highest BCUT2D eigenvalue weighted by Crippen LogP contribution is 2.04. The average molecular weight is 202 g/mol. The summed E-state index contributed by atoms with van der Waals surface area (Å²) in [6.45, 7) is 3.67. The van der Waals surface area contributed by atoms with E-state index >= 15 is 0 Å². The smallest absolute Gasteiger partial charge is 0.134 e. The molecule has 15 heavy (non-hydrogen) atoms. The molecule has 1 N–H and O–H groups in total. The number of rotatable bonds is 7. The van der Waals surface area contributed by atoms with Crippen LogP contribution in [0.1, 0.15) is 32.1 Å². The van der Waals surface area contributed by atoms with Crippen molar-refractivity contribution in [3.63, 3.8) is 0 Å². The van der Waals surface area contributed by atoms with Crippen LogP contribution in [0.2, 0.25) is 0 Å². The van der Waals surface area contributed by atoms with Gasteiger partial charge in [0.1, 0.15) is 6.10 Å². The summed E-state index contributed by atoms with van der Waals surface area (Å²) in [7, 11) is 0. The summed E-state index contributed by atoms with van der Waals surface area (Å²) in [5.74, 6) is 7.05. The minimum absolute atomic E-state index is 0.728. The summed E-state index contributed by atoms with van der Waals surface area (Å²) in [6.07, 6.45) is 15.4. The normalized spacial score (nSPS) is 11.5. The summed E-state index contributed by atoms with van der Waals surface area (Å²) in [5.41, 5.74) is 0. The van der Waals surface area contributed by atoms with Crippen molar-refractivity contribution in [2.75, 3.05) is 0 Å². The fraction of sp³-hybridized carbons (Fsp3) is 0.429. The number of hydrogen-bond acceptors (Lipinski definition) is 1. The lowest BCUT2D eigenvalue weighted by Crippen LogP contribution is -1.96. The van der Waals surface area contributed by atoms with Crippen molar-refractivity contribution < 1.29 is 5.11 Å². The second kappa shape index (κ2) is 10.6. The molecule has 0 aliphatic heterocycles. The molecule has 0 fully saturated rings. The molecule has 0 saturated heterocycles. The number of aliphatic hydroxyl groups excluding tert-OH is 1. The van der Waals surface area contributed by atoms with Crippen LogP contribution in [0, 0.1) is 24.2 Å². The van der Waals surface area contributed by atoms with Gasteiger partial charge < -0.3 is 5.11 Å². The Bertz CT molecular complexity index is 283. The molecule has 0 aromatic rings. The number of unbranched alkanes of at least 4 members (excludes halogenated alkanes) is 4. The standard InChI is InChI=1S/C14H18O/c1-3-5-7-8-9-10-11-13-14(15)12-6-4-2/h2-3,11,13-15H,1,5,7-10H2/b13-11-/t14-/m0/s1. The highest BCUT2D eigenvalue weighted by Gasteiger charge is 1.90. The van der Waals surface area contributed by atoms with Gasteiger partial charge in [0.2, 0.25) is 0 Å². The summed E-state index contributed by atoms with van der Waals surface area (Å²) >= 11 is 0. The molecule has 0 aromatic carbocycles. The van der Waals surface area contributed by atoms with Gasteiger partial charge in [0.25, 0.3) is 0 Å². The zero-order valence-electron chi connectivity index (χ0n) is 9.08. The second-order valence-electron chi connectivity index (χ2n) is 3.21. The Morgan fingerprint density at radius 3 is 2.67 bits per heavy atom. The van der Waals surface area contributed by atoms with E-state index in [4.69, 9.17) is 6.42 Å². The van der Waals surface area contributed by atoms with Crippen LogP contribution >= 0.6 is 0 Å². The zero-order chi connectivity index (χ0) is 11.4. The first-order valence-corrected chi connectivity index (χ1v) is 5.23. The highest BCUT2D eigenvalue weighted by molar-refractivity contribution is 5.25. The Kier molecular flexibility index (Phi) is 9.62. The molecule has 0 saturated carbocycles. The van der Waals surface area contributed by atoms with Gasteiger partial charge in [-0.15, -0.1) is 13.0 Å². The molecule has 0 unspecified atom stereocenters. The molecule has 0 bridgehead atoms. The summed E-state index contributed by atoms with van der Waals surface area (Å²) in [5, 5.41) is 9.25. The minimum atomic E-state index is -0.728. The lowest BCUT2D eigenvalue weighted by Gasteiger charge is -1.95. The van der Waals surface area contributed by atoms with Gasteiger partial charge in [-0.05, 0) is 43.6 Å². The van der Waals surface area contributed by atoms with Crippen molar-refractivity contribution in [1.82, 2.24) is 0 Å². The van der Waals surface area contributed by atoms with Gasteiger partial charge in [0.05, 0.1) is 0 Å². The van der Waals surface area contributed by atoms with E-state index in [9.17, 15) is 5.11 Å². The Morgan fingerprint density at radius 1 is 1.27 bits per heavy atom. The van der Waals surface area contributed by atoms with Gasteiger partial charge in [-0.25, -0.2) is 0 Å². The van der Waals surface area contributed by atoms with E-state index in [0.717, 1.165) is 19.3 Å². The fourth-order valence-electron chi connectivity index (χ4n) is 1.12. The molecule has 0 radical (unpaired) electrons. The maximum Gasteiger partial charge on any atom is 0.134 e. The predicted octanol–water partition coefficient (Wildman–Crippen LogP) is 2.68. The van der Waals surface area contributed by atoms with Crippen molar-refractivity contribution in [2.45, 2.75) is 38.2 Å². The molecule has 1 nitrogen and oxygen atoms in total. The Balaban J connectivity index is 3.46. The molecule has 0 rings (SSSR count). The second-order valence-corrected chi connectivity index (χ2v) is 3.21. The van der Waals surface area contributed by atoms with Gasteiger partial charge in [0, 0.05) is 0 Å². The number of hydrogen-bond donors (Lipinski definition) is 1. The Morgan fingerprint density at radius 2 is 2.00 bits per heavy atom. The molecule has 0 spiro atoms. The van der Waals surface area contributed by atoms with Gasteiger partial charge >= 0.3 is 0 Å². The van der Waals surface area contributed by atoms with E-state index in [0.29, 0.717) is 0 Å². The third-order valence-electron chi connectivity index (χ3n) is 1.89. The van der Waals surface area contributed by atoms with Gasteiger partial charge in [-0.2, -0.15) is 0 Å². The molecule has 0 heterocycles. The first-order valence-electron chi connectivity index (χ1n) is 5.23. The van der Waals surface area contributed by atoms with Crippen LogP contribution in [0.25, 0.3) is 0 Å². The first-order chi connectivity index (χ1) is 7.31. The van der Waals surface area contributed by atoms with Crippen LogP contribution in [-0.2, 0) is 0 Å². The van der Waals surface area contributed by atoms with E-state index in [1.165, 1.54) is 12.8 Å². The molecule has 0 amide bonds. The number of aliphatic hydroxyl groups is 1. The molecule has 0 aliphatic carbocycles. The topological polar surface area (TPSA) is 20.2 Å². The van der Waals surface area contributed by atoms with Gasteiger partial charge in [-0.1, -0.05) is 24.5 Å². The number of terminal acetylenes is 1. The third kappa shape index (κ3) is 10.5. The van der Waals surface area contributed by atoms with E-state index < -0.39 is 6.10 Å². The Labute approximate surface area is 92.9 Å². The number of allylic oxidation sites excluding steroid dienone is 2. The first kappa shape index (κ1) is 13.6. The zero-order valence-corrected chi connectivity index (χ0v) is 9.08. The van der Waals surface area contributed by atoms with Crippen LogP contribution in [-0.4, -0.2) is 11.2 Å². The van der Waals surface area contributed by atoms with Crippen LogP contribution in [0.3, 0.4) is 0 Å². The van der Waals surface area contributed by atoms with Gasteiger partial charge in [-0.3, -0.25) is 0 Å². The van der Waals surface area contributed by atoms with Crippen molar-refractivity contribution in [1.29, 1.82) is 0 Å². The maximum absolute atomic E-state index is 9.25. The maximum atomic E-state index is 9.25. The quantitative estimate of drug-likeness (QED) is 0.382. The third-order valence-corrected chi connectivity index (χ3v) is 1.89. The molecule has 0 aromatic heterocycles. The van der Waals surface area contributed by atoms with Crippen LogP contribution < -0.4 is 0 Å². The molecule has 0 aliphatic rings. The lowest BCUT2D eigenvalue weighted by molar-refractivity contribution is 0.280. The molecule has 1 atom stereocenters. The van der Waals surface area contributed by atoms with Crippen LogP contribution in [0.4, 0.5) is 0 Å². The summed E-state index contributed by atoms with van der Waals surface area (Å²) in [6, 6.07) is 0. The average Bonchev–Trinajstić information content (AvgIpc) is 2.25. The Hall–Kier alpha value is -1.44. The monoisotopic (exact) mass is 202 g/mol. The summed E-state index contributed by atoms with van der Waals surface area (Å²) < 4.78 is 0. The SMILES string of the molecule is C#CC#C[C@H](O)/C=C\CCCCCC=C. The highest BCUT2D eigenvalue weighted by atomic mass is 16.3. The van der Waals surface area contributed by atoms with E-state index in [-0.39, 0.29) is 0 Å². The van der Waals surface area contributed by atoms with Crippen molar-refractivity contribution in [3.05, 3.63) is 24.8 Å². The lowest BCUT2D eigenvalue weighted by atomic mass is 10.1. The molecular formula is C14H18O. The van der Waals surface area contributed by atoms with Crippen LogP contribution in [0.5, 0.6) is 0 Å². The van der Waals surface area contributed by atoms with Gasteiger partial charge in [0.15, 0.2) is 0 Å². The van der Waals surface area contributed by atoms with Crippen LogP contribution in [0.15, 0.2) is 24.8 Å².